The molecule has 0 bridgehead atoms. The van der Waals surface area contributed by atoms with E-state index in [-0.39, 0.29) is 0 Å². The van der Waals surface area contributed by atoms with Crippen LogP contribution in [0.1, 0.15) is 18.4 Å². The molecule has 0 spiro atoms. The third kappa shape index (κ3) is 2.67. The van der Waals surface area contributed by atoms with Crippen molar-refractivity contribution in [1.82, 2.24) is 5.32 Å². The molecular weight excluding hydrogens is 260 g/mol. The van der Waals surface area contributed by atoms with Crippen LogP contribution >= 0.6 is 11.6 Å². The maximum absolute atomic E-state index is 6.18. The molecular formula is C15H21ClN2O. The number of halogens is 1. The van der Waals surface area contributed by atoms with Crippen LogP contribution in [-0.4, -0.2) is 32.8 Å². The minimum absolute atomic E-state index is 0.634. The third-order valence-corrected chi connectivity index (χ3v) is 4.60. The van der Waals surface area contributed by atoms with Crippen LogP contribution in [-0.2, 0) is 0 Å². The number of hydrogen-bond donors (Lipinski definition) is 1. The Bertz CT molecular complexity index is 473. The molecule has 1 saturated heterocycles. The third-order valence-electron chi connectivity index (χ3n) is 4.20. The Morgan fingerprint density at radius 1 is 1.37 bits per heavy atom. The largest absolute Gasteiger partial charge is 0.495 e. The number of benzene rings is 1. The number of aryl methyl sites for hydroxylation is 1. The standard InChI is InChI=1S/C15H21ClN2O/c1-10-7-14(15(19-2)8-12(10)16)18-6-5-17-13(9-18)11-3-4-11/h7-8,11,13,17H,3-6,9H2,1-2H3. The molecule has 0 amide bonds. The van der Waals surface area contributed by atoms with Gasteiger partial charge in [0.1, 0.15) is 5.75 Å². The zero-order valence-corrected chi connectivity index (χ0v) is 12.3. The van der Waals surface area contributed by atoms with E-state index in [1.54, 1.807) is 7.11 Å². The van der Waals surface area contributed by atoms with Crippen molar-refractivity contribution in [3.63, 3.8) is 0 Å². The number of rotatable bonds is 3. The topological polar surface area (TPSA) is 24.5 Å². The fourth-order valence-corrected chi connectivity index (χ4v) is 3.02. The van der Waals surface area contributed by atoms with Gasteiger partial charge in [0.15, 0.2) is 0 Å². The van der Waals surface area contributed by atoms with E-state index >= 15 is 0 Å². The Morgan fingerprint density at radius 2 is 2.16 bits per heavy atom. The summed E-state index contributed by atoms with van der Waals surface area (Å²) in [6.45, 7) is 5.20. The second-order valence-corrected chi connectivity index (χ2v) is 6.02. The van der Waals surface area contributed by atoms with Gasteiger partial charge in [0.2, 0.25) is 0 Å². The smallest absolute Gasteiger partial charge is 0.143 e. The van der Waals surface area contributed by atoms with Gasteiger partial charge in [0, 0.05) is 36.8 Å². The lowest BCUT2D eigenvalue weighted by Gasteiger charge is -2.36. The van der Waals surface area contributed by atoms with Crippen LogP contribution in [0.25, 0.3) is 0 Å². The summed E-state index contributed by atoms with van der Waals surface area (Å²) < 4.78 is 5.50. The highest BCUT2D eigenvalue weighted by molar-refractivity contribution is 6.31. The summed E-state index contributed by atoms with van der Waals surface area (Å²) in [6.07, 6.45) is 2.75. The van der Waals surface area contributed by atoms with Crippen molar-refractivity contribution in [2.75, 3.05) is 31.6 Å². The molecule has 4 heteroatoms. The van der Waals surface area contributed by atoms with E-state index in [4.69, 9.17) is 16.3 Å². The summed E-state index contributed by atoms with van der Waals surface area (Å²) in [5.74, 6) is 1.76. The number of hydrogen-bond acceptors (Lipinski definition) is 3. The van der Waals surface area contributed by atoms with Gasteiger partial charge in [-0.25, -0.2) is 0 Å². The van der Waals surface area contributed by atoms with Crippen molar-refractivity contribution >= 4 is 17.3 Å². The minimum Gasteiger partial charge on any atom is -0.495 e. The number of methoxy groups -OCH3 is 1. The number of nitrogens with one attached hydrogen (secondary N) is 1. The Hall–Kier alpha value is -0.930. The summed E-state index contributed by atoms with van der Waals surface area (Å²) in [4.78, 5) is 2.43. The van der Waals surface area contributed by atoms with Crippen molar-refractivity contribution in [2.24, 2.45) is 5.92 Å². The van der Waals surface area contributed by atoms with Gasteiger partial charge in [0.25, 0.3) is 0 Å². The summed E-state index contributed by atoms with van der Waals surface area (Å²) in [5, 5.41) is 4.41. The number of ether oxygens (including phenoxy) is 1. The first-order valence-electron chi connectivity index (χ1n) is 7.01. The summed E-state index contributed by atoms with van der Waals surface area (Å²) in [6, 6.07) is 4.71. The Morgan fingerprint density at radius 3 is 2.84 bits per heavy atom. The molecule has 1 aliphatic carbocycles. The molecule has 1 aromatic rings. The van der Waals surface area contributed by atoms with Crippen molar-refractivity contribution in [3.8, 4) is 5.75 Å². The van der Waals surface area contributed by atoms with E-state index in [0.717, 1.165) is 41.9 Å². The first-order chi connectivity index (χ1) is 9.19. The van der Waals surface area contributed by atoms with Crippen LogP contribution in [0.4, 0.5) is 5.69 Å². The lowest BCUT2D eigenvalue weighted by atomic mass is 10.1. The molecule has 0 aromatic heterocycles. The van der Waals surface area contributed by atoms with Crippen molar-refractivity contribution < 1.29 is 4.74 Å². The average molecular weight is 281 g/mol. The van der Waals surface area contributed by atoms with E-state index < -0.39 is 0 Å². The molecule has 2 fully saturated rings. The fraction of sp³-hybridized carbons (Fsp3) is 0.600. The van der Waals surface area contributed by atoms with Gasteiger partial charge < -0.3 is 15.0 Å². The molecule has 3 nitrogen and oxygen atoms in total. The molecule has 1 heterocycles. The Kier molecular flexibility index (Phi) is 3.59. The molecule has 104 valence electrons. The molecule has 1 atom stereocenters. The zero-order chi connectivity index (χ0) is 13.4. The van der Waals surface area contributed by atoms with E-state index in [2.05, 4.69) is 16.3 Å². The predicted octanol–water partition coefficient (Wildman–Crippen LogP) is 2.85. The zero-order valence-electron chi connectivity index (χ0n) is 11.6. The van der Waals surface area contributed by atoms with Crippen LogP contribution in [0.2, 0.25) is 5.02 Å². The monoisotopic (exact) mass is 280 g/mol. The van der Waals surface area contributed by atoms with E-state index in [9.17, 15) is 0 Å². The lowest BCUT2D eigenvalue weighted by molar-refractivity contribution is 0.398. The molecule has 2 aliphatic rings. The van der Waals surface area contributed by atoms with Crippen molar-refractivity contribution in [3.05, 3.63) is 22.7 Å². The molecule has 1 aromatic carbocycles. The normalized spacial score (nSPS) is 23.5. The first kappa shape index (κ1) is 13.1. The lowest BCUT2D eigenvalue weighted by Crippen LogP contribution is -2.51. The highest BCUT2D eigenvalue weighted by Crippen LogP contribution is 2.37. The number of nitrogens with zero attached hydrogens (tertiary/aromatic N) is 1. The average Bonchev–Trinajstić information content (AvgIpc) is 3.26. The van der Waals surface area contributed by atoms with Crippen LogP contribution in [0, 0.1) is 12.8 Å². The summed E-state index contributed by atoms with van der Waals surface area (Å²) in [5.41, 5.74) is 2.29. The highest BCUT2D eigenvalue weighted by atomic mass is 35.5. The number of anilines is 1. The van der Waals surface area contributed by atoms with Gasteiger partial charge in [-0.3, -0.25) is 0 Å². The maximum atomic E-state index is 6.18. The molecule has 0 radical (unpaired) electrons. The first-order valence-corrected chi connectivity index (χ1v) is 7.39. The molecule has 19 heavy (non-hydrogen) atoms. The van der Waals surface area contributed by atoms with Gasteiger partial charge in [0.05, 0.1) is 12.8 Å². The van der Waals surface area contributed by atoms with Crippen molar-refractivity contribution in [2.45, 2.75) is 25.8 Å². The van der Waals surface area contributed by atoms with Crippen molar-refractivity contribution in [1.29, 1.82) is 0 Å². The van der Waals surface area contributed by atoms with Gasteiger partial charge in [-0.05, 0) is 37.3 Å². The van der Waals surface area contributed by atoms with Gasteiger partial charge in [-0.2, -0.15) is 0 Å². The highest BCUT2D eigenvalue weighted by Gasteiger charge is 2.34. The van der Waals surface area contributed by atoms with Crippen LogP contribution in [0.3, 0.4) is 0 Å². The molecule has 1 N–H and O–H groups in total. The van der Waals surface area contributed by atoms with E-state index in [1.165, 1.54) is 18.5 Å². The second kappa shape index (κ2) is 5.22. The van der Waals surface area contributed by atoms with Crippen LogP contribution in [0.5, 0.6) is 5.75 Å². The SMILES string of the molecule is COc1cc(Cl)c(C)cc1N1CCNC(C2CC2)C1. The van der Waals surface area contributed by atoms with E-state index in [1.807, 2.05) is 13.0 Å². The van der Waals surface area contributed by atoms with Gasteiger partial charge >= 0.3 is 0 Å². The van der Waals surface area contributed by atoms with E-state index in [0.29, 0.717) is 6.04 Å². The fourth-order valence-electron chi connectivity index (χ4n) is 2.87. The maximum Gasteiger partial charge on any atom is 0.143 e. The number of piperazine rings is 1. The minimum atomic E-state index is 0.634. The Balaban J connectivity index is 1.85. The molecule has 1 saturated carbocycles. The Labute approximate surface area is 119 Å². The van der Waals surface area contributed by atoms with Gasteiger partial charge in [-0.15, -0.1) is 0 Å². The predicted molar refractivity (Wildman–Crippen MR) is 79.5 cm³/mol. The van der Waals surface area contributed by atoms with Crippen LogP contribution < -0.4 is 15.0 Å². The molecule has 1 unspecified atom stereocenters. The summed E-state index contributed by atoms with van der Waals surface area (Å²) >= 11 is 6.18. The molecule has 1 aliphatic heterocycles. The van der Waals surface area contributed by atoms with Crippen LogP contribution in [0.15, 0.2) is 12.1 Å². The molecule has 3 rings (SSSR count). The van der Waals surface area contributed by atoms with Gasteiger partial charge in [-0.1, -0.05) is 11.6 Å². The quantitative estimate of drug-likeness (QED) is 0.921. The summed E-state index contributed by atoms with van der Waals surface area (Å²) in [7, 11) is 1.71. The second-order valence-electron chi connectivity index (χ2n) is 5.62.